The Kier molecular flexibility index (Phi) is 4.81. The van der Waals surface area contributed by atoms with Crippen molar-refractivity contribution >= 4 is 28.9 Å². The molecule has 1 N–H and O–H groups in total. The van der Waals surface area contributed by atoms with Gasteiger partial charge in [0.2, 0.25) is 5.91 Å². The molecule has 0 spiro atoms. The van der Waals surface area contributed by atoms with E-state index < -0.39 is 0 Å². The Hall–Kier alpha value is -2.86. The van der Waals surface area contributed by atoms with Crippen molar-refractivity contribution in [3.8, 4) is 5.69 Å². The number of nitrogens with zero attached hydrogens (tertiary/aromatic N) is 4. The Morgan fingerprint density at radius 1 is 1.26 bits per heavy atom. The number of rotatable bonds is 4. The van der Waals surface area contributed by atoms with Crippen LogP contribution >= 0.6 is 11.6 Å². The lowest BCUT2D eigenvalue weighted by atomic mass is 9.96. The lowest BCUT2D eigenvalue weighted by Crippen LogP contribution is -2.42. The van der Waals surface area contributed by atoms with Crippen LogP contribution in [0.15, 0.2) is 55.1 Å². The molecule has 0 bridgehead atoms. The quantitative estimate of drug-likeness (QED) is 0.748. The highest BCUT2D eigenvalue weighted by Gasteiger charge is 2.24. The summed E-state index contributed by atoms with van der Waals surface area (Å²) in [6, 6.07) is 13.9. The molecule has 1 amide bonds. The molecule has 0 radical (unpaired) electrons. The molecule has 138 valence electrons. The molecule has 1 aromatic heterocycles. The Balaban J connectivity index is 1.57. The number of benzene rings is 2. The first-order chi connectivity index (χ1) is 13.1. The summed E-state index contributed by atoms with van der Waals surface area (Å²) in [5.41, 5.74) is 3.75. The first kappa shape index (κ1) is 17.5. The van der Waals surface area contributed by atoms with E-state index in [9.17, 15) is 4.79 Å². The van der Waals surface area contributed by atoms with Crippen LogP contribution in [0, 0.1) is 0 Å². The van der Waals surface area contributed by atoms with Crippen molar-refractivity contribution < 1.29 is 4.79 Å². The van der Waals surface area contributed by atoms with Gasteiger partial charge < -0.3 is 10.2 Å². The van der Waals surface area contributed by atoms with Crippen molar-refractivity contribution in [2.75, 3.05) is 16.8 Å². The molecule has 27 heavy (non-hydrogen) atoms. The Labute approximate surface area is 162 Å². The van der Waals surface area contributed by atoms with Crippen LogP contribution in [0.3, 0.4) is 0 Å². The average Bonchev–Trinajstić information content (AvgIpc) is 3.19. The van der Waals surface area contributed by atoms with Gasteiger partial charge in [0.05, 0.1) is 17.9 Å². The van der Waals surface area contributed by atoms with Crippen LogP contribution in [0.5, 0.6) is 0 Å². The van der Waals surface area contributed by atoms with E-state index >= 15 is 0 Å². The SMILES string of the molecule is C[C@@H]1CCc2ccccc2N1CC(=O)Nc1cc(Cl)ccc1-n1cncn1. The molecule has 4 rings (SSSR count). The topological polar surface area (TPSA) is 63.1 Å². The van der Waals surface area contributed by atoms with Gasteiger partial charge in [-0.3, -0.25) is 4.79 Å². The highest BCUT2D eigenvalue weighted by Crippen LogP contribution is 2.30. The second-order valence-corrected chi connectivity index (χ2v) is 7.13. The van der Waals surface area contributed by atoms with Crippen LogP contribution in [0.4, 0.5) is 11.4 Å². The fraction of sp³-hybridized carbons (Fsp3) is 0.250. The van der Waals surface area contributed by atoms with E-state index in [1.807, 2.05) is 18.2 Å². The minimum atomic E-state index is -0.0952. The summed E-state index contributed by atoms with van der Waals surface area (Å²) in [5, 5.41) is 7.67. The number of halogens is 1. The Morgan fingerprint density at radius 2 is 2.11 bits per heavy atom. The summed E-state index contributed by atoms with van der Waals surface area (Å²) in [6.07, 6.45) is 5.11. The van der Waals surface area contributed by atoms with E-state index in [-0.39, 0.29) is 12.5 Å². The maximum Gasteiger partial charge on any atom is 0.243 e. The normalized spacial score (nSPS) is 16.1. The summed E-state index contributed by atoms with van der Waals surface area (Å²) in [5.74, 6) is -0.0952. The van der Waals surface area contributed by atoms with Gasteiger partial charge in [-0.05, 0) is 49.6 Å². The van der Waals surface area contributed by atoms with Gasteiger partial charge in [0, 0.05) is 16.8 Å². The summed E-state index contributed by atoms with van der Waals surface area (Å²) < 4.78 is 1.60. The van der Waals surface area contributed by atoms with E-state index in [1.54, 1.807) is 23.1 Å². The molecule has 2 aromatic carbocycles. The summed E-state index contributed by atoms with van der Waals surface area (Å²) in [6.45, 7) is 2.44. The zero-order valence-corrected chi connectivity index (χ0v) is 15.7. The highest BCUT2D eigenvalue weighted by molar-refractivity contribution is 6.31. The van der Waals surface area contributed by atoms with Gasteiger partial charge in [0.15, 0.2) is 0 Å². The van der Waals surface area contributed by atoms with E-state index in [0.29, 0.717) is 16.8 Å². The number of aromatic nitrogens is 3. The van der Waals surface area contributed by atoms with Crippen molar-refractivity contribution in [3.05, 3.63) is 65.7 Å². The number of carbonyl (C=O) groups excluding carboxylic acids is 1. The van der Waals surface area contributed by atoms with Crippen molar-refractivity contribution in [1.82, 2.24) is 14.8 Å². The lowest BCUT2D eigenvalue weighted by molar-refractivity contribution is -0.115. The Morgan fingerprint density at radius 3 is 2.93 bits per heavy atom. The molecule has 1 aliphatic heterocycles. The fourth-order valence-corrected chi connectivity index (χ4v) is 3.66. The number of amides is 1. The van der Waals surface area contributed by atoms with Gasteiger partial charge >= 0.3 is 0 Å². The second-order valence-electron chi connectivity index (χ2n) is 6.69. The van der Waals surface area contributed by atoms with Crippen molar-refractivity contribution in [2.45, 2.75) is 25.8 Å². The van der Waals surface area contributed by atoms with Crippen LogP contribution in [-0.4, -0.2) is 33.3 Å². The number of aryl methyl sites for hydroxylation is 1. The summed E-state index contributed by atoms with van der Waals surface area (Å²) in [7, 11) is 0. The van der Waals surface area contributed by atoms with Crippen LogP contribution in [0.2, 0.25) is 5.02 Å². The van der Waals surface area contributed by atoms with Gasteiger partial charge in [0.1, 0.15) is 12.7 Å². The van der Waals surface area contributed by atoms with Crippen molar-refractivity contribution in [3.63, 3.8) is 0 Å². The van der Waals surface area contributed by atoms with Gasteiger partial charge in [-0.15, -0.1) is 0 Å². The monoisotopic (exact) mass is 381 g/mol. The first-order valence-corrected chi connectivity index (χ1v) is 9.28. The van der Waals surface area contributed by atoms with E-state index in [0.717, 1.165) is 24.2 Å². The third-order valence-electron chi connectivity index (χ3n) is 4.88. The average molecular weight is 382 g/mol. The van der Waals surface area contributed by atoms with Gasteiger partial charge in [-0.1, -0.05) is 29.8 Å². The molecule has 0 fully saturated rings. The molecule has 6 nitrogen and oxygen atoms in total. The van der Waals surface area contributed by atoms with E-state index in [1.165, 1.54) is 11.9 Å². The first-order valence-electron chi connectivity index (χ1n) is 8.91. The fourth-order valence-electron chi connectivity index (χ4n) is 3.49. The number of nitrogens with one attached hydrogen (secondary N) is 1. The smallest absolute Gasteiger partial charge is 0.243 e. The minimum Gasteiger partial charge on any atom is -0.359 e. The third-order valence-corrected chi connectivity index (χ3v) is 5.11. The van der Waals surface area contributed by atoms with E-state index in [2.05, 4.69) is 39.4 Å². The van der Waals surface area contributed by atoms with Crippen LogP contribution in [0.1, 0.15) is 18.9 Å². The molecule has 2 heterocycles. The standard InChI is InChI=1S/C20H20ClN5O/c1-14-6-7-15-4-2-3-5-18(15)25(14)11-20(27)24-17-10-16(21)8-9-19(17)26-13-22-12-23-26/h2-5,8-10,12-14H,6-7,11H2,1H3,(H,24,27)/t14-/m1/s1. The molecule has 0 aliphatic carbocycles. The molecule has 1 atom stereocenters. The van der Waals surface area contributed by atoms with Crippen LogP contribution in [0.25, 0.3) is 5.69 Å². The highest BCUT2D eigenvalue weighted by atomic mass is 35.5. The number of hydrogen-bond acceptors (Lipinski definition) is 4. The number of para-hydroxylation sites is 1. The molecular formula is C20H20ClN5O. The predicted molar refractivity (Wildman–Crippen MR) is 107 cm³/mol. The largest absolute Gasteiger partial charge is 0.359 e. The zero-order valence-electron chi connectivity index (χ0n) is 15.0. The minimum absolute atomic E-state index is 0.0952. The molecule has 7 heteroatoms. The maximum atomic E-state index is 12.8. The molecule has 1 aliphatic rings. The van der Waals surface area contributed by atoms with Gasteiger partial charge in [-0.2, -0.15) is 5.10 Å². The summed E-state index contributed by atoms with van der Waals surface area (Å²) >= 11 is 6.14. The van der Waals surface area contributed by atoms with Crippen LogP contribution < -0.4 is 10.2 Å². The maximum absolute atomic E-state index is 12.8. The van der Waals surface area contributed by atoms with Crippen molar-refractivity contribution in [1.29, 1.82) is 0 Å². The van der Waals surface area contributed by atoms with E-state index in [4.69, 9.17) is 11.6 Å². The second kappa shape index (κ2) is 7.40. The van der Waals surface area contributed by atoms with Gasteiger partial charge in [0.25, 0.3) is 0 Å². The number of hydrogen-bond donors (Lipinski definition) is 1. The molecular weight excluding hydrogens is 362 g/mol. The van der Waals surface area contributed by atoms with Crippen molar-refractivity contribution in [2.24, 2.45) is 0 Å². The van der Waals surface area contributed by atoms with Crippen LogP contribution in [-0.2, 0) is 11.2 Å². The lowest BCUT2D eigenvalue weighted by Gasteiger charge is -2.36. The molecule has 3 aromatic rings. The molecule has 0 unspecified atom stereocenters. The number of carbonyl (C=O) groups is 1. The Bertz CT molecular complexity index is 957. The summed E-state index contributed by atoms with van der Waals surface area (Å²) in [4.78, 5) is 19.0. The molecule has 0 saturated carbocycles. The predicted octanol–water partition coefficient (Wildman–Crippen LogP) is 3.70. The van der Waals surface area contributed by atoms with Gasteiger partial charge in [-0.25, -0.2) is 9.67 Å². The molecule has 0 saturated heterocycles. The third kappa shape index (κ3) is 3.66. The number of anilines is 2. The number of fused-ring (bicyclic) bond motifs is 1. The zero-order chi connectivity index (χ0) is 18.8.